The Hall–Kier alpha value is -0.540. The zero-order chi connectivity index (χ0) is 10.3. The van der Waals surface area contributed by atoms with Gasteiger partial charge in [-0.05, 0) is 41.9 Å². The Bertz CT molecular complexity index is 476. The number of hydrogen-bond donors (Lipinski definition) is 0. The monoisotopic (exact) mass is 272 g/mol. The van der Waals surface area contributed by atoms with Gasteiger partial charge in [-0.15, -0.1) is 0 Å². The van der Waals surface area contributed by atoms with Crippen molar-refractivity contribution in [3.8, 4) is 0 Å². The van der Waals surface area contributed by atoms with Gasteiger partial charge in [0.1, 0.15) is 4.60 Å². The molecule has 0 amide bonds. The molecule has 1 aromatic carbocycles. The minimum absolute atomic E-state index is 0.335. The molecule has 0 spiro atoms. The number of aromatic nitrogens is 2. The molecule has 0 aliphatic rings. The van der Waals surface area contributed by atoms with Gasteiger partial charge < -0.3 is 0 Å². The molecule has 1 heterocycles. The molecule has 0 N–H and O–H groups in total. The first kappa shape index (κ1) is 9.99. The smallest absolute Gasteiger partial charge is 0.137 e. The summed E-state index contributed by atoms with van der Waals surface area (Å²) in [6.07, 6.45) is 0. The van der Waals surface area contributed by atoms with Crippen molar-refractivity contribution >= 4 is 38.4 Å². The number of fused-ring (bicyclic) bond motifs is 1. The van der Waals surface area contributed by atoms with Crippen LogP contribution in [0.4, 0.5) is 0 Å². The molecule has 0 saturated heterocycles. The van der Waals surface area contributed by atoms with Gasteiger partial charge in [0.15, 0.2) is 0 Å². The first-order valence-electron chi connectivity index (χ1n) is 4.43. The van der Waals surface area contributed by atoms with E-state index in [1.807, 2.05) is 22.9 Å². The largest absolute Gasteiger partial charge is 0.261 e. The molecule has 14 heavy (non-hydrogen) atoms. The third-order valence-electron chi connectivity index (χ3n) is 2.13. The summed E-state index contributed by atoms with van der Waals surface area (Å²) in [7, 11) is 0. The molecule has 1 aromatic heterocycles. The van der Waals surface area contributed by atoms with E-state index in [4.69, 9.17) is 11.6 Å². The van der Waals surface area contributed by atoms with Gasteiger partial charge >= 0.3 is 0 Å². The molecular formula is C10H10BrClN2. The number of rotatable bonds is 1. The zero-order valence-electron chi connectivity index (χ0n) is 7.96. The molecule has 2 aromatic rings. The van der Waals surface area contributed by atoms with Crippen molar-refractivity contribution in [2.75, 3.05) is 0 Å². The van der Waals surface area contributed by atoms with Gasteiger partial charge in [-0.3, -0.25) is 4.68 Å². The highest BCUT2D eigenvalue weighted by molar-refractivity contribution is 9.10. The maximum atomic E-state index is 6.10. The van der Waals surface area contributed by atoms with E-state index < -0.39 is 0 Å². The molecule has 74 valence electrons. The first-order valence-corrected chi connectivity index (χ1v) is 5.60. The van der Waals surface area contributed by atoms with Gasteiger partial charge in [0.25, 0.3) is 0 Å². The van der Waals surface area contributed by atoms with E-state index in [-0.39, 0.29) is 0 Å². The van der Waals surface area contributed by atoms with Crippen LogP contribution in [0.25, 0.3) is 10.9 Å². The van der Waals surface area contributed by atoms with Crippen LogP contribution in [-0.2, 0) is 0 Å². The molecular weight excluding hydrogens is 263 g/mol. The number of hydrogen-bond acceptors (Lipinski definition) is 1. The van der Waals surface area contributed by atoms with Gasteiger partial charge in [0.05, 0.1) is 15.9 Å². The van der Waals surface area contributed by atoms with Crippen LogP contribution in [0.2, 0.25) is 5.02 Å². The number of halogens is 2. The molecule has 0 aliphatic heterocycles. The van der Waals surface area contributed by atoms with Crippen LogP contribution in [0.5, 0.6) is 0 Å². The molecule has 0 saturated carbocycles. The fraction of sp³-hybridized carbons (Fsp3) is 0.300. The van der Waals surface area contributed by atoms with Crippen molar-refractivity contribution in [3.63, 3.8) is 0 Å². The van der Waals surface area contributed by atoms with Gasteiger partial charge in [0, 0.05) is 6.04 Å². The van der Waals surface area contributed by atoms with Crippen LogP contribution in [0.1, 0.15) is 19.9 Å². The minimum Gasteiger partial charge on any atom is -0.261 e. The van der Waals surface area contributed by atoms with Crippen LogP contribution in [-0.4, -0.2) is 9.78 Å². The first-order chi connectivity index (χ1) is 6.61. The second-order valence-electron chi connectivity index (χ2n) is 3.46. The zero-order valence-corrected chi connectivity index (χ0v) is 10.3. The highest BCUT2D eigenvalue weighted by Crippen LogP contribution is 2.31. The van der Waals surface area contributed by atoms with E-state index in [9.17, 15) is 0 Å². The van der Waals surface area contributed by atoms with Gasteiger partial charge in [-0.2, -0.15) is 5.10 Å². The standard InChI is InChI=1S/C10H10BrClN2/c1-6(2)14-8-5-3-4-7(12)9(8)10(11)13-14/h3-6H,1-2H3. The molecule has 4 heteroatoms. The molecule has 0 unspecified atom stereocenters. The van der Waals surface area contributed by atoms with Crippen LogP contribution in [0.3, 0.4) is 0 Å². The maximum Gasteiger partial charge on any atom is 0.137 e. The van der Waals surface area contributed by atoms with Gasteiger partial charge in [-0.25, -0.2) is 0 Å². The van der Waals surface area contributed by atoms with Crippen molar-refractivity contribution in [2.24, 2.45) is 0 Å². The van der Waals surface area contributed by atoms with Crippen molar-refractivity contribution in [3.05, 3.63) is 27.8 Å². The Morgan fingerprint density at radius 2 is 2.14 bits per heavy atom. The van der Waals surface area contributed by atoms with Crippen molar-refractivity contribution < 1.29 is 0 Å². The Morgan fingerprint density at radius 3 is 2.79 bits per heavy atom. The fourth-order valence-corrected chi connectivity index (χ4v) is 2.46. The SMILES string of the molecule is CC(C)n1nc(Br)c2c(Cl)cccc21. The fourth-order valence-electron chi connectivity index (χ4n) is 1.50. The summed E-state index contributed by atoms with van der Waals surface area (Å²) in [5, 5.41) is 6.13. The predicted molar refractivity (Wildman–Crippen MR) is 62.8 cm³/mol. The molecule has 2 rings (SSSR count). The third-order valence-corrected chi connectivity index (χ3v) is 3.00. The summed E-state index contributed by atoms with van der Waals surface area (Å²) in [5.41, 5.74) is 1.07. The van der Waals surface area contributed by atoms with Gasteiger partial charge in [-0.1, -0.05) is 17.7 Å². The number of nitrogens with zero attached hydrogens (tertiary/aromatic N) is 2. The molecule has 0 fully saturated rings. The van der Waals surface area contributed by atoms with Crippen molar-refractivity contribution in [1.82, 2.24) is 9.78 Å². The summed E-state index contributed by atoms with van der Waals surface area (Å²) >= 11 is 9.52. The summed E-state index contributed by atoms with van der Waals surface area (Å²) < 4.78 is 2.78. The molecule has 0 bridgehead atoms. The average Bonchev–Trinajstić information content (AvgIpc) is 2.45. The maximum absolute atomic E-state index is 6.10. The summed E-state index contributed by atoms with van der Waals surface area (Å²) in [6.45, 7) is 4.19. The van der Waals surface area contributed by atoms with Crippen LogP contribution in [0, 0.1) is 0 Å². The van der Waals surface area contributed by atoms with Gasteiger partial charge in [0.2, 0.25) is 0 Å². The van der Waals surface area contributed by atoms with Crippen molar-refractivity contribution in [1.29, 1.82) is 0 Å². The second-order valence-corrected chi connectivity index (χ2v) is 4.62. The Balaban J connectivity index is 2.84. The molecule has 0 aliphatic carbocycles. The van der Waals surface area contributed by atoms with Crippen LogP contribution < -0.4 is 0 Å². The van der Waals surface area contributed by atoms with Crippen molar-refractivity contribution in [2.45, 2.75) is 19.9 Å². The second kappa shape index (κ2) is 3.55. The van der Waals surface area contributed by atoms with E-state index in [2.05, 4.69) is 34.9 Å². The summed E-state index contributed by atoms with van der Waals surface area (Å²) in [4.78, 5) is 0. The minimum atomic E-state index is 0.335. The van der Waals surface area contributed by atoms with Crippen LogP contribution in [0.15, 0.2) is 22.8 Å². The predicted octanol–water partition coefficient (Wildman–Crippen LogP) is 4.03. The lowest BCUT2D eigenvalue weighted by atomic mass is 10.2. The Labute approximate surface area is 96.0 Å². The molecule has 0 radical (unpaired) electrons. The lowest BCUT2D eigenvalue weighted by molar-refractivity contribution is 0.548. The molecule has 0 atom stereocenters. The topological polar surface area (TPSA) is 17.8 Å². The van der Waals surface area contributed by atoms with E-state index >= 15 is 0 Å². The van der Waals surface area contributed by atoms with E-state index in [0.717, 1.165) is 20.5 Å². The lowest BCUT2D eigenvalue weighted by Crippen LogP contribution is -2.01. The molecule has 2 nitrogen and oxygen atoms in total. The Kier molecular flexibility index (Phi) is 2.54. The lowest BCUT2D eigenvalue weighted by Gasteiger charge is -2.06. The summed E-state index contributed by atoms with van der Waals surface area (Å²) in [5.74, 6) is 0. The highest BCUT2D eigenvalue weighted by Gasteiger charge is 2.12. The Morgan fingerprint density at radius 1 is 1.43 bits per heavy atom. The van der Waals surface area contributed by atoms with E-state index in [1.54, 1.807) is 0 Å². The average molecular weight is 274 g/mol. The van der Waals surface area contributed by atoms with E-state index in [1.165, 1.54) is 0 Å². The number of benzene rings is 1. The summed E-state index contributed by atoms with van der Waals surface area (Å²) in [6, 6.07) is 6.18. The quantitative estimate of drug-likeness (QED) is 0.767. The highest BCUT2D eigenvalue weighted by atomic mass is 79.9. The van der Waals surface area contributed by atoms with E-state index in [0.29, 0.717) is 6.04 Å². The normalized spacial score (nSPS) is 11.5. The van der Waals surface area contributed by atoms with Crippen LogP contribution >= 0.6 is 27.5 Å². The third kappa shape index (κ3) is 1.44.